The van der Waals surface area contributed by atoms with Crippen LogP contribution < -0.4 is 4.74 Å². The van der Waals surface area contributed by atoms with Crippen LogP contribution in [0.5, 0.6) is 5.75 Å². The number of thiazole rings is 1. The number of hydrogen-bond donors (Lipinski definition) is 2. The molecule has 0 aliphatic rings. The molecule has 2 aromatic carbocycles. The quantitative estimate of drug-likeness (QED) is 0.585. The fraction of sp³-hybridized carbons (Fsp3) is 0.158. The summed E-state index contributed by atoms with van der Waals surface area (Å²) in [5.41, 5.74) is 4.08. The number of H-pyrrole nitrogens is 1. The molecule has 2 heterocycles. The summed E-state index contributed by atoms with van der Waals surface area (Å²) < 4.78 is 6.40. The highest BCUT2D eigenvalue weighted by Gasteiger charge is 2.23. The first-order valence-electron chi connectivity index (χ1n) is 7.75. The van der Waals surface area contributed by atoms with Gasteiger partial charge in [0.2, 0.25) is 0 Å². The normalized spacial score (nSPS) is 12.4. The van der Waals surface area contributed by atoms with Crippen LogP contribution in [0.3, 0.4) is 0 Å². The highest BCUT2D eigenvalue weighted by Crippen LogP contribution is 2.39. The topological polar surface area (TPSA) is 81.9 Å². The zero-order valence-corrected chi connectivity index (χ0v) is 14.5. The Kier molecular flexibility index (Phi) is 3.68. The lowest BCUT2D eigenvalue weighted by Gasteiger charge is -2.15. The van der Waals surface area contributed by atoms with Crippen LogP contribution in [-0.2, 0) is 0 Å². The molecule has 2 aromatic heterocycles. The highest BCUT2D eigenvalue weighted by molar-refractivity contribution is 7.18. The first-order valence-corrected chi connectivity index (χ1v) is 8.57. The molecule has 2 N–H and O–H groups in total. The highest BCUT2D eigenvalue weighted by atomic mass is 32.1. The number of benzene rings is 2. The van der Waals surface area contributed by atoms with Crippen LogP contribution >= 0.6 is 11.3 Å². The Morgan fingerprint density at radius 3 is 2.92 bits per heavy atom. The van der Waals surface area contributed by atoms with Crippen LogP contribution in [0.25, 0.3) is 21.1 Å². The van der Waals surface area contributed by atoms with E-state index in [1.165, 1.54) is 11.3 Å². The number of aliphatic hydroxyl groups excluding tert-OH is 1. The number of hydrogen-bond acceptors (Lipinski definition) is 5. The van der Waals surface area contributed by atoms with Gasteiger partial charge in [0.15, 0.2) is 0 Å². The Hall–Kier alpha value is -2.88. The second kappa shape index (κ2) is 5.88. The van der Waals surface area contributed by atoms with Crippen molar-refractivity contribution in [1.82, 2.24) is 9.97 Å². The molecular weight excluding hydrogens is 334 g/mol. The van der Waals surface area contributed by atoms with E-state index < -0.39 is 6.10 Å². The van der Waals surface area contributed by atoms with E-state index in [9.17, 15) is 5.11 Å². The standard InChI is InChI=1S/C19H15N3O2S/c1-10-7-14(24-2)16(12-5-6-21-17(10)12)18(23)19-22-13-4-3-11(9-20)8-15(13)25-19/h3-8,18,21,23H,1-2H3. The average Bonchev–Trinajstić information content (AvgIpc) is 3.27. The van der Waals surface area contributed by atoms with Crippen LogP contribution in [-0.4, -0.2) is 22.2 Å². The molecule has 0 saturated carbocycles. The van der Waals surface area contributed by atoms with Gasteiger partial charge in [0, 0.05) is 22.7 Å². The summed E-state index contributed by atoms with van der Waals surface area (Å²) in [6, 6.07) is 11.3. The van der Waals surface area contributed by atoms with Crippen molar-refractivity contribution in [3.63, 3.8) is 0 Å². The minimum absolute atomic E-state index is 0.578. The summed E-state index contributed by atoms with van der Waals surface area (Å²) >= 11 is 1.39. The third kappa shape index (κ3) is 2.45. The van der Waals surface area contributed by atoms with Gasteiger partial charge in [-0.05, 0) is 42.8 Å². The van der Waals surface area contributed by atoms with Crippen LogP contribution in [0, 0.1) is 18.3 Å². The molecule has 6 heteroatoms. The van der Waals surface area contributed by atoms with E-state index in [1.54, 1.807) is 25.3 Å². The van der Waals surface area contributed by atoms with Crippen LogP contribution in [0.1, 0.15) is 27.8 Å². The van der Waals surface area contributed by atoms with Gasteiger partial charge in [-0.1, -0.05) is 0 Å². The Morgan fingerprint density at radius 1 is 1.32 bits per heavy atom. The number of aryl methyl sites for hydroxylation is 1. The smallest absolute Gasteiger partial charge is 0.135 e. The number of ether oxygens (including phenoxy) is 1. The summed E-state index contributed by atoms with van der Waals surface area (Å²) in [5.74, 6) is 0.633. The van der Waals surface area contributed by atoms with Crippen LogP contribution in [0.2, 0.25) is 0 Å². The van der Waals surface area contributed by atoms with Gasteiger partial charge >= 0.3 is 0 Å². The number of nitrogens with zero attached hydrogens (tertiary/aromatic N) is 2. The maximum Gasteiger partial charge on any atom is 0.135 e. The molecule has 0 fully saturated rings. The molecule has 1 atom stereocenters. The van der Waals surface area contributed by atoms with Crippen molar-refractivity contribution in [3.05, 3.63) is 58.2 Å². The number of aromatic nitrogens is 2. The van der Waals surface area contributed by atoms with Gasteiger partial charge < -0.3 is 14.8 Å². The fourth-order valence-corrected chi connectivity index (χ4v) is 4.11. The lowest BCUT2D eigenvalue weighted by molar-refractivity contribution is 0.216. The predicted molar refractivity (Wildman–Crippen MR) is 98.0 cm³/mol. The third-order valence-corrected chi connectivity index (χ3v) is 5.38. The van der Waals surface area contributed by atoms with Crippen molar-refractivity contribution < 1.29 is 9.84 Å². The van der Waals surface area contributed by atoms with Gasteiger partial charge in [0.05, 0.1) is 29.0 Å². The van der Waals surface area contributed by atoms with Gasteiger partial charge in [-0.15, -0.1) is 11.3 Å². The molecule has 0 aliphatic carbocycles. The Balaban J connectivity index is 1.90. The summed E-state index contributed by atoms with van der Waals surface area (Å²) in [6.07, 6.45) is 0.946. The van der Waals surface area contributed by atoms with Crippen molar-refractivity contribution in [3.8, 4) is 11.8 Å². The molecule has 4 aromatic rings. The van der Waals surface area contributed by atoms with Gasteiger partial charge in [-0.3, -0.25) is 0 Å². The third-order valence-electron chi connectivity index (χ3n) is 4.31. The summed E-state index contributed by atoms with van der Waals surface area (Å²) in [4.78, 5) is 7.75. The monoisotopic (exact) mass is 349 g/mol. The molecule has 1 unspecified atom stereocenters. The molecule has 124 valence electrons. The predicted octanol–water partition coefficient (Wildman–Crippen LogP) is 4.05. The van der Waals surface area contributed by atoms with E-state index >= 15 is 0 Å². The van der Waals surface area contributed by atoms with Gasteiger partial charge in [-0.2, -0.15) is 5.26 Å². The number of rotatable bonds is 3. The second-order valence-electron chi connectivity index (χ2n) is 5.82. The minimum Gasteiger partial charge on any atom is -0.496 e. The molecule has 0 spiro atoms. The number of fused-ring (bicyclic) bond motifs is 2. The Labute approximate surface area is 148 Å². The van der Waals surface area contributed by atoms with Crippen LogP contribution in [0.4, 0.5) is 0 Å². The largest absolute Gasteiger partial charge is 0.496 e. The van der Waals surface area contributed by atoms with E-state index in [1.807, 2.05) is 25.3 Å². The number of methoxy groups -OCH3 is 1. The molecule has 0 radical (unpaired) electrons. The first-order chi connectivity index (χ1) is 12.1. The average molecular weight is 349 g/mol. The van der Waals surface area contributed by atoms with E-state index in [0.717, 1.165) is 26.7 Å². The zero-order valence-electron chi connectivity index (χ0n) is 13.7. The molecule has 0 saturated heterocycles. The van der Waals surface area contributed by atoms with Gasteiger partial charge in [0.25, 0.3) is 0 Å². The maximum absolute atomic E-state index is 11.0. The van der Waals surface area contributed by atoms with Crippen molar-refractivity contribution in [2.75, 3.05) is 7.11 Å². The fourth-order valence-electron chi connectivity index (χ4n) is 3.10. The SMILES string of the molecule is COc1cc(C)c2[nH]ccc2c1C(O)c1nc2ccc(C#N)cc2s1. The number of aliphatic hydroxyl groups is 1. The second-order valence-corrected chi connectivity index (χ2v) is 6.89. The van der Waals surface area contributed by atoms with Gasteiger partial charge in [-0.25, -0.2) is 4.98 Å². The van der Waals surface area contributed by atoms with E-state index in [4.69, 9.17) is 10.00 Å². The summed E-state index contributed by atoms with van der Waals surface area (Å²) in [7, 11) is 1.60. The number of nitrogens with one attached hydrogen (secondary N) is 1. The zero-order chi connectivity index (χ0) is 17.6. The summed E-state index contributed by atoms with van der Waals surface area (Å²) in [6.45, 7) is 2.00. The lowest BCUT2D eigenvalue weighted by Crippen LogP contribution is -2.03. The van der Waals surface area contributed by atoms with Crippen molar-refractivity contribution in [1.29, 1.82) is 5.26 Å². The molecule has 0 bridgehead atoms. The summed E-state index contributed by atoms with van der Waals surface area (Å²) in [5, 5.41) is 21.6. The van der Waals surface area contributed by atoms with E-state index in [0.29, 0.717) is 21.9 Å². The van der Waals surface area contributed by atoms with Crippen LogP contribution in [0.15, 0.2) is 36.5 Å². The number of aromatic amines is 1. The van der Waals surface area contributed by atoms with Crippen molar-refractivity contribution in [2.24, 2.45) is 0 Å². The number of nitriles is 1. The Morgan fingerprint density at radius 2 is 2.16 bits per heavy atom. The minimum atomic E-state index is -0.906. The first kappa shape index (κ1) is 15.6. The van der Waals surface area contributed by atoms with E-state index in [-0.39, 0.29) is 0 Å². The molecule has 5 nitrogen and oxygen atoms in total. The molecule has 25 heavy (non-hydrogen) atoms. The molecular formula is C19H15N3O2S. The molecule has 4 rings (SSSR count). The molecule has 0 aliphatic heterocycles. The van der Waals surface area contributed by atoms with Crippen molar-refractivity contribution >= 4 is 32.5 Å². The maximum atomic E-state index is 11.0. The molecule has 0 amide bonds. The van der Waals surface area contributed by atoms with E-state index in [2.05, 4.69) is 16.0 Å². The van der Waals surface area contributed by atoms with Crippen molar-refractivity contribution in [2.45, 2.75) is 13.0 Å². The Bertz CT molecular complexity index is 1140. The lowest BCUT2D eigenvalue weighted by atomic mass is 10.0. The van der Waals surface area contributed by atoms with Gasteiger partial charge in [0.1, 0.15) is 16.9 Å².